The molecule has 1 saturated carbocycles. The molecule has 27 heavy (non-hydrogen) atoms. The molecule has 1 aliphatic carbocycles. The third kappa shape index (κ3) is 3.69. The molecule has 140 valence electrons. The molecule has 5 heteroatoms. The number of fused-ring (bicyclic) bond motifs is 1. The minimum absolute atomic E-state index is 0.0696. The number of carbonyl (C=O) groups is 1. The highest BCUT2D eigenvalue weighted by molar-refractivity contribution is 7.17. The van der Waals surface area contributed by atoms with Crippen molar-refractivity contribution < 1.29 is 4.79 Å². The Balaban J connectivity index is 1.68. The number of amides is 1. The van der Waals surface area contributed by atoms with E-state index in [0.29, 0.717) is 24.2 Å². The van der Waals surface area contributed by atoms with Crippen molar-refractivity contribution in [3.63, 3.8) is 0 Å². The van der Waals surface area contributed by atoms with Crippen molar-refractivity contribution >= 4 is 39.1 Å². The van der Waals surface area contributed by atoms with Crippen LogP contribution >= 0.6 is 22.9 Å². The van der Waals surface area contributed by atoms with Gasteiger partial charge in [-0.3, -0.25) is 4.79 Å². The van der Waals surface area contributed by atoms with Crippen LogP contribution in [0, 0.1) is 0 Å². The monoisotopic (exact) mass is 398 g/mol. The molecule has 0 bridgehead atoms. The van der Waals surface area contributed by atoms with Crippen LogP contribution in [0.5, 0.6) is 0 Å². The first kappa shape index (κ1) is 18.3. The zero-order valence-electron chi connectivity index (χ0n) is 15.2. The largest absolute Gasteiger partial charge is 0.333 e. The summed E-state index contributed by atoms with van der Waals surface area (Å²) in [6, 6.07) is 12.3. The first-order valence-corrected chi connectivity index (χ1v) is 10.7. The molecule has 1 amide bonds. The van der Waals surface area contributed by atoms with Gasteiger partial charge in [0.05, 0.1) is 10.2 Å². The number of hydrogen-bond acceptors (Lipinski definition) is 2. The predicted octanol–water partition coefficient (Wildman–Crippen LogP) is 6.30. The average Bonchev–Trinajstić information content (AvgIpc) is 3.39. The van der Waals surface area contributed by atoms with Gasteiger partial charge in [0.2, 0.25) is 0 Å². The number of nitrogens with zero attached hydrogens (tertiary/aromatic N) is 2. The summed E-state index contributed by atoms with van der Waals surface area (Å²) in [5.41, 5.74) is 3.07. The Labute approximate surface area is 168 Å². The summed E-state index contributed by atoms with van der Waals surface area (Å²) in [5, 5.41) is 2.82. The van der Waals surface area contributed by atoms with Gasteiger partial charge in [-0.25, -0.2) is 0 Å². The maximum Gasteiger partial charge on any atom is 0.271 e. The molecule has 0 N–H and O–H groups in total. The zero-order chi connectivity index (χ0) is 18.8. The summed E-state index contributed by atoms with van der Waals surface area (Å²) >= 11 is 7.70. The fraction of sp³-hybridized carbons (Fsp3) is 0.318. The van der Waals surface area contributed by atoms with Crippen molar-refractivity contribution in [1.29, 1.82) is 0 Å². The zero-order valence-corrected chi connectivity index (χ0v) is 16.8. The van der Waals surface area contributed by atoms with Crippen LogP contribution in [-0.2, 0) is 6.54 Å². The van der Waals surface area contributed by atoms with E-state index >= 15 is 0 Å². The Morgan fingerprint density at radius 3 is 2.70 bits per heavy atom. The van der Waals surface area contributed by atoms with Crippen molar-refractivity contribution in [2.24, 2.45) is 0 Å². The van der Waals surface area contributed by atoms with Crippen LogP contribution in [0.2, 0.25) is 5.02 Å². The van der Waals surface area contributed by atoms with Crippen molar-refractivity contribution in [3.05, 3.63) is 70.7 Å². The summed E-state index contributed by atoms with van der Waals surface area (Å²) < 4.78 is 3.48. The van der Waals surface area contributed by atoms with E-state index in [1.54, 1.807) is 17.4 Å². The van der Waals surface area contributed by atoms with E-state index in [0.717, 1.165) is 24.1 Å². The second-order valence-electron chi connectivity index (χ2n) is 7.11. The number of hydrogen-bond donors (Lipinski definition) is 0. The van der Waals surface area contributed by atoms with Gasteiger partial charge in [-0.1, -0.05) is 42.7 Å². The van der Waals surface area contributed by atoms with Crippen molar-refractivity contribution in [3.8, 4) is 0 Å². The van der Waals surface area contributed by atoms with Crippen molar-refractivity contribution in [2.45, 2.75) is 38.3 Å². The minimum atomic E-state index is 0.0696. The maximum absolute atomic E-state index is 13.5. The highest BCUT2D eigenvalue weighted by Gasteiger charge is 2.27. The molecule has 0 aliphatic heterocycles. The summed E-state index contributed by atoms with van der Waals surface area (Å²) in [4.78, 5) is 15.3. The molecular formula is C22H23ClN2OS. The Bertz CT molecular complexity index is 951. The predicted molar refractivity (Wildman–Crippen MR) is 114 cm³/mol. The van der Waals surface area contributed by atoms with Gasteiger partial charge >= 0.3 is 0 Å². The topological polar surface area (TPSA) is 25.2 Å². The molecule has 3 aromatic rings. The highest BCUT2D eigenvalue weighted by atomic mass is 35.5. The molecule has 0 radical (unpaired) electrons. The van der Waals surface area contributed by atoms with Gasteiger partial charge in [-0.05, 0) is 48.1 Å². The molecule has 2 aromatic heterocycles. The number of rotatable bonds is 6. The van der Waals surface area contributed by atoms with Crippen LogP contribution in [0.25, 0.3) is 10.2 Å². The normalized spacial score (nSPS) is 14.7. The molecule has 0 spiro atoms. The van der Waals surface area contributed by atoms with Crippen LogP contribution in [0.4, 0.5) is 0 Å². The maximum atomic E-state index is 13.5. The molecule has 3 nitrogen and oxygen atoms in total. The summed E-state index contributed by atoms with van der Waals surface area (Å²) in [6.07, 6.45) is 6.57. The lowest BCUT2D eigenvalue weighted by Gasteiger charge is -2.24. The lowest BCUT2D eigenvalue weighted by Crippen LogP contribution is -2.32. The van der Waals surface area contributed by atoms with Crippen LogP contribution in [0.15, 0.2) is 54.4 Å². The van der Waals surface area contributed by atoms with Gasteiger partial charge in [0.1, 0.15) is 5.69 Å². The standard InChI is InChI=1S/C22H23ClN2OS/c1-2-12-24(15-16-7-9-17(23)10-8-16)22(26)20-14-21-19(11-13-27-21)25(20)18-5-3-4-6-18/h2,7-11,13-14,18H,1,3-6,12,15H2. The molecule has 4 rings (SSSR count). The van der Waals surface area contributed by atoms with Gasteiger partial charge in [0.25, 0.3) is 5.91 Å². The molecule has 0 unspecified atom stereocenters. The second kappa shape index (κ2) is 7.91. The van der Waals surface area contributed by atoms with Gasteiger partial charge in [0.15, 0.2) is 0 Å². The summed E-state index contributed by atoms with van der Waals surface area (Å²) in [7, 11) is 0. The Morgan fingerprint density at radius 2 is 2.00 bits per heavy atom. The van der Waals surface area contributed by atoms with E-state index in [2.05, 4.69) is 28.7 Å². The van der Waals surface area contributed by atoms with Crippen LogP contribution in [0.3, 0.4) is 0 Å². The van der Waals surface area contributed by atoms with E-state index < -0.39 is 0 Å². The average molecular weight is 399 g/mol. The molecular weight excluding hydrogens is 376 g/mol. The van der Waals surface area contributed by atoms with Crippen LogP contribution in [0.1, 0.15) is 47.8 Å². The molecule has 1 aliphatic rings. The van der Waals surface area contributed by atoms with Gasteiger partial charge in [0, 0.05) is 24.2 Å². The number of benzene rings is 1. The number of halogens is 1. The molecule has 2 heterocycles. The quantitative estimate of drug-likeness (QED) is 0.447. The molecule has 1 aromatic carbocycles. The van der Waals surface area contributed by atoms with Crippen molar-refractivity contribution in [2.75, 3.05) is 6.54 Å². The van der Waals surface area contributed by atoms with Crippen LogP contribution < -0.4 is 0 Å². The number of carbonyl (C=O) groups excluding carboxylic acids is 1. The van der Waals surface area contributed by atoms with E-state index in [9.17, 15) is 4.79 Å². The van der Waals surface area contributed by atoms with E-state index in [4.69, 9.17) is 11.6 Å². The SMILES string of the molecule is C=CCN(Cc1ccc(Cl)cc1)C(=O)c1cc2sccc2n1C1CCCC1. The Hall–Kier alpha value is -2.04. The smallest absolute Gasteiger partial charge is 0.271 e. The van der Waals surface area contributed by atoms with E-state index in [-0.39, 0.29) is 5.91 Å². The van der Waals surface area contributed by atoms with Gasteiger partial charge < -0.3 is 9.47 Å². The lowest BCUT2D eigenvalue weighted by atomic mass is 10.2. The van der Waals surface area contributed by atoms with E-state index in [1.807, 2.05) is 29.2 Å². The first-order chi connectivity index (χ1) is 13.2. The van der Waals surface area contributed by atoms with Crippen LogP contribution in [-0.4, -0.2) is 21.9 Å². The minimum Gasteiger partial charge on any atom is -0.333 e. The molecule has 0 saturated heterocycles. The molecule has 1 fully saturated rings. The van der Waals surface area contributed by atoms with Gasteiger partial charge in [-0.15, -0.1) is 17.9 Å². The van der Waals surface area contributed by atoms with Gasteiger partial charge in [-0.2, -0.15) is 0 Å². The Morgan fingerprint density at radius 1 is 1.26 bits per heavy atom. The first-order valence-electron chi connectivity index (χ1n) is 9.40. The fourth-order valence-electron chi connectivity index (χ4n) is 4.01. The second-order valence-corrected chi connectivity index (χ2v) is 8.49. The molecule has 0 atom stereocenters. The number of aromatic nitrogens is 1. The third-order valence-corrected chi connectivity index (χ3v) is 6.40. The summed E-state index contributed by atoms with van der Waals surface area (Å²) in [6.45, 7) is 4.91. The number of thiophene rings is 1. The third-order valence-electron chi connectivity index (χ3n) is 5.29. The Kier molecular flexibility index (Phi) is 5.37. The summed E-state index contributed by atoms with van der Waals surface area (Å²) in [5.74, 6) is 0.0696. The fourth-order valence-corrected chi connectivity index (χ4v) is 4.95. The van der Waals surface area contributed by atoms with E-state index in [1.165, 1.54) is 23.1 Å². The highest BCUT2D eigenvalue weighted by Crippen LogP contribution is 2.37. The lowest BCUT2D eigenvalue weighted by molar-refractivity contribution is 0.0750. The van der Waals surface area contributed by atoms with Crippen molar-refractivity contribution in [1.82, 2.24) is 9.47 Å².